The van der Waals surface area contributed by atoms with Crippen LogP contribution in [0.25, 0.3) is 0 Å². The molecular weight excluding hydrogens is 236 g/mol. The molecule has 0 amide bonds. The number of anilines is 1. The highest BCUT2D eigenvalue weighted by Gasteiger charge is 2.24. The monoisotopic (exact) mass is 252 g/mol. The van der Waals surface area contributed by atoms with Crippen LogP contribution in [-0.2, 0) is 15.8 Å². The summed E-state index contributed by atoms with van der Waals surface area (Å²) in [6, 6.07) is 7.52. The molecule has 17 heavy (non-hydrogen) atoms. The fourth-order valence-electron chi connectivity index (χ4n) is 1.91. The number of hydrogen-bond acceptors (Lipinski definition) is 3. The van der Waals surface area contributed by atoms with Gasteiger partial charge >= 0.3 is 0 Å². The molecule has 1 aromatic carbocycles. The first-order chi connectivity index (χ1) is 8.13. The Hall–Kier alpha value is -1.33. The Morgan fingerprint density at radius 1 is 1.41 bits per heavy atom. The zero-order valence-corrected chi connectivity index (χ0v) is 10.4. The van der Waals surface area contributed by atoms with Crippen molar-refractivity contribution < 1.29 is 8.42 Å². The van der Waals surface area contributed by atoms with Crippen LogP contribution in [0.5, 0.6) is 0 Å². The van der Waals surface area contributed by atoms with E-state index in [0.717, 1.165) is 11.3 Å². The Morgan fingerprint density at radius 3 is 2.94 bits per heavy atom. The SMILES string of the molecule is C=CCN1CCNc2ccccc2CS1(=O)=O. The van der Waals surface area contributed by atoms with E-state index in [4.69, 9.17) is 0 Å². The van der Waals surface area contributed by atoms with Gasteiger partial charge in [-0.2, -0.15) is 4.31 Å². The summed E-state index contributed by atoms with van der Waals surface area (Å²) in [5.41, 5.74) is 1.73. The molecule has 92 valence electrons. The van der Waals surface area contributed by atoms with Crippen LogP contribution in [0.2, 0.25) is 0 Å². The molecule has 2 rings (SSSR count). The lowest BCUT2D eigenvalue weighted by Crippen LogP contribution is -2.37. The van der Waals surface area contributed by atoms with Crippen molar-refractivity contribution in [3.63, 3.8) is 0 Å². The lowest BCUT2D eigenvalue weighted by atomic mass is 10.2. The zero-order valence-electron chi connectivity index (χ0n) is 9.59. The summed E-state index contributed by atoms with van der Waals surface area (Å²) >= 11 is 0. The second kappa shape index (κ2) is 4.89. The van der Waals surface area contributed by atoms with Crippen LogP contribution < -0.4 is 5.32 Å². The third-order valence-corrected chi connectivity index (χ3v) is 4.55. The maximum atomic E-state index is 12.2. The molecule has 0 aliphatic carbocycles. The molecule has 1 N–H and O–H groups in total. The van der Waals surface area contributed by atoms with Crippen molar-refractivity contribution in [3.05, 3.63) is 42.5 Å². The normalized spacial score (nSPS) is 19.5. The first-order valence-electron chi connectivity index (χ1n) is 5.54. The second-order valence-corrected chi connectivity index (χ2v) is 5.96. The molecule has 5 heteroatoms. The molecular formula is C12H16N2O2S. The molecule has 1 aliphatic rings. The minimum Gasteiger partial charge on any atom is -0.383 e. The summed E-state index contributed by atoms with van der Waals surface area (Å²) in [5, 5.41) is 3.25. The van der Waals surface area contributed by atoms with Crippen LogP contribution in [0.3, 0.4) is 0 Å². The highest BCUT2D eigenvalue weighted by Crippen LogP contribution is 2.21. The molecule has 1 heterocycles. The number of nitrogens with one attached hydrogen (secondary N) is 1. The molecule has 0 bridgehead atoms. The Labute approximate surface area is 102 Å². The van der Waals surface area contributed by atoms with Gasteiger partial charge in [0.25, 0.3) is 0 Å². The lowest BCUT2D eigenvalue weighted by molar-refractivity contribution is 0.451. The third kappa shape index (κ3) is 2.68. The van der Waals surface area contributed by atoms with Gasteiger partial charge in [-0.15, -0.1) is 6.58 Å². The standard InChI is InChI=1S/C12H16N2O2S/c1-2-8-14-9-7-13-12-6-4-3-5-11(12)10-17(14,15)16/h2-6,13H,1,7-10H2. The molecule has 0 unspecified atom stereocenters. The topological polar surface area (TPSA) is 49.4 Å². The highest BCUT2D eigenvalue weighted by atomic mass is 32.2. The van der Waals surface area contributed by atoms with E-state index in [1.807, 2.05) is 24.3 Å². The average Bonchev–Trinajstić information content (AvgIpc) is 2.28. The molecule has 4 nitrogen and oxygen atoms in total. The van der Waals surface area contributed by atoms with Crippen molar-refractivity contribution >= 4 is 15.7 Å². The van der Waals surface area contributed by atoms with Gasteiger partial charge in [0.1, 0.15) is 0 Å². The second-order valence-electron chi connectivity index (χ2n) is 3.99. The molecule has 1 aromatic rings. The van der Waals surface area contributed by atoms with E-state index in [2.05, 4.69) is 11.9 Å². The number of benzene rings is 1. The lowest BCUT2D eigenvalue weighted by Gasteiger charge is -2.25. The Bertz CT molecular complexity index is 511. The number of hydrogen-bond donors (Lipinski definition) is 1. The van der Waals surface area contributed by atoms with Gasteiger partial charge in [0.15, 0.2) is 0 Å². The fourth-order valence-corrected chi connectivity index (χ4v) is 3.44. The van der Waals surface area contributed by atoms with Gasteiger partial charge in [0.05, 0.1) is 5.75 Å². The Kier molecular flexibility index (Phi) is 3.49. The summed E-state index contributed by atoms with van der Waals surface area (Å²) in [7, 11) is -3.24. The van der Waals surface area contributed by atoms with Crippen LogP contribution in [-0.4, -0.2) is 32.4 Å². The van der Waals surface area contributed by atoms with E-state index in [1.165, 1.54) is 4.31 Å². The van der Waals surface area contributed by atoms with Crippen molar-refractivity contribution in [2.45, 2.75) is 5.75 Å². The maximum absolute atomic E-state index is 12.2. The predicted octanol–water partition coefficient (Wildman–Crippen LogP) is 1.43. The minimum absolute atomic E-state index is 0.0456. The van der Waals surface area contributed by atoms with Gasteiger partial charge in [-0.1, -0.05) is 24.3 Å². The van der Waals surface area contributed by atoms with Gasteiger partial charge in [0, 0.05) is 25.3 Å². The first-order valence-corrected chi connectivity index (χ1v) is 7.15. The van der Waals surface area contributed by atoms with Crippen molar-refractivity contribution in [2.24, 2.45) is 0 Å². The zero-order chi connectivity index (χ0) is 12.3. The largest absolute Gasteiger partial charge is 0.383 e. The van der Waals surface area contributed by atoms with Gasteiger partial charge < -0.3 is 5.32 Å². The number of fused-ring (bicyclic) bond motifs is 1. The van der Waals surface area contributed by atoms with E-state index >= 15 is 0 Å². The Morgan fingerprint density at radius 2 is 2.18 bits per heavy atom. The van der Waals surface area contributed by atoms with Gasteiger partial charge in [-0.05, 0) is 11.6 Å². The van der Waals surface area contributed by atoms with E-state index in [0.29, 0.717) is 19.6 Å². The van der Waals surface area contributed by atoms with Gasteiger partial charge in [-0.3, -0.25) is 0 Å². The van der Waals surface area contributed by atoms with Crippen molar-refractivity contribution in [1.29, 1.82) is 0 Å². The molecule has 1 aliphatic heterocycles. The number of nitrogens with zero attached hydrogens (tertiary/aromatic N) is 1. The highest BCUT2D eigenvalue weighted by molar-refractivity contribution is 7.88. The summed E-state index contributed by atoms with van der Waals surface area (Å²) in [4.78, 5) is 0. The van der Waals surface area contributed by atoms with Crippen LogP contribution in [0.1, 0.15) is 5.56 Å². The van der Waals surface area contributed by atoms with Crippen LogP contribution in [0.4, 0.5) is 5.69 Å². The summed E-state index contributed by atoms with van der Waals surface area (Å²) in [5.74, 6) is 0.0456. The van der Waals surface area contributed by atoms with Crippen molar-refractivity contribution in [2.75, 3.05) is 25.0 Å². The molecule has 0 saturated carbocycles. The van der Waals surface area contributed by atoms with E-state index in [1.54, 1.807) is 6.08 Å². The molecule has 0 saturated heterocycles. The number of rotatable bonds is 2. The summed E-state index contributed by atoms with van der Waals surface area (Å²) in [6.07, 6.45) is 1.62. The predicted molar refractivity (Wildman–Crippen MR) is 69.3 cm³/mol. The quantitative estimate of drug-likeness (QED) is 0.810. The van der Waals surface area contributed by atoms with Crippen LogP contribution >= 0.6 is 0 Å². The van der Waals surface area contributed by atoms with E-state index in [9.17, 15) is 8.42 Å². The third-order valence-electron chi connectivity index (χ3n) is 2.76. The molecule has 0 fully saturated rings. The van der Waals surface area contributed by atoms with Gasteiger partial charge in [0.2, 0.25) is 10.0 Å². The average molecular weight is 252 g/mol. The summed E-state index contributed by atoms with van der Waals surface area (Å²) < 4.78 is 25.8. The molecule has 0 radical (unpaired) electrons. The van der Waals surface area contributed by atoms with E-state index < -0.39 is 10.0 Å². The smallest absolute Gasteiger partial charge is 0.218 e. The van der Waals surface area contributed by atoms with Gasteiger partial charge in [-0.25, -0.2) is 8.42 Å². The summed E-state index contributed by atoms with van der Waals surface area (Å²) in [6.45, 7) is 5.05. The molecule has 0 aromatic heterocycles. The first kappa shape index (κ1) is 12.1. The van der Waals surface area contributed by atoms with E-state index in [-0.39, 0.29) is 5.75 Å². The maximum Gasteiger partial charge on any atom is 0.218 e. The molecule has 0 spiro atoms. The molecule has 0 atom stereocenters. The van der Waals surface area contributed by atoms with Crippen molar-refractivity contribution in [1.82, 2.24) is 4.31 Å². The van der Waals surface area contributed by atoms with Crippen LogP contribution in [0, 0.1) is 0 Å². The Balaban J connectivity index is 2.34. The van der Waals surface area contributed by atoms with Crippen molar-refractivity contribution in [3.8, 4) is 0 Å². The minimum atomic E-state index is -3.24. The number of sulfonamides is 1. The van der Waals surface area contributed by atoms with Crippen LogP contribution in [0.15, 0.2) is 36.9 Å². The fraction of sp³-hybridized carbons (Fsp3) is 0.333. The number of para-hydroxylation sites is 1.